The molecule has 2 N–H and O–H groups in total. The van der Waals surface area contributed by atoms with E-state index in [2.05, 4.69) is 10.6 Å². The fourth-order valence-corrected chi connectivity index (χ4v) is 2.73. The molecule has 1 amide bonds. The molecule has 1 saturated carbocycles. The first-order chi connectivity index (χ1) is 10.1. The normalized spacial score (nSPS) is 24.3. The van der Waals surface area contributed by atoms with Crippen LogP contribution in [-0.2, 0) is 9.47 Å². The van der Waals surface area contributed by atoms with E-state index in [-0.39, 0.29) is 24.2 Å². The number of aryl methyl sites for hydroxylation is 1. The van der Waals surface area contributed by atoms with Crippen molar-refractivity contribution in [1.82, 2.24) is 5.32 Å². The van der Waals surface area contributed by atoms with Crippen molar-refractivity contribution >= 4 is 11.6 Å². The second-order valence-electron chi connectivity index (χ2n) is 5.29. The lowest BCUT2D eigenvalue weighted by Gasteiger charge is -2.44. The Morgan fingerprint density at radius 3 is 2.76 bits per heavy atom. The first kappa shape index (κ1) is 15.8. The van der Waals surface area contributed by atoms with Crippen molar-refractivity contribution in [3.63, 3.8) is 0 Å². The minimum atomic E-state index is -0.0699. The summed E-state index contributed by atoms with van der Waals surface area (Å²) in [4.78, 5) is 11.6. The van der Waals surface area contributed by atoms with Crippen molar-refractivity contribution in [2.24, 2.45) is 0 Å². The number of benzene rings is 1. The summed E-state index contributed by atoms with van der Waals surface area (Å²) in [5, 5.41) is 6.11. The Morgan fingerprint density at radius 1 is 1.43 bits per heavy atom. The van der Waals surface area contributed by atoms with Crippen molar-refractivity contribution in [3.8, 4) is 0 Å². The Morgan fingerprint density at radius 2 is 2.19 bits per heavy atom. The highest BCUT2D eigenvalue weighted by Gasteiger charge is 2.42. The molecule has 1 aliphatic carbocycles. The second-order valence-corrected chi connectivity index (χ2v) is 5.29. The number of carbonyl (C=O) groups excluding carboxylic acids is 1. The van der Waals surface area contributed by atoms with Gasteiger partial charge in [0.2, 0.25) is 0 Å². The largest absolute Gasteiger partial charge is 0.379 e. The summed E-state index contributed by atoms with van der Waals surface area (Å²) in [7, 11) is 3.35. The highest BCUT2D eigenvalue weighted by Crippen LogP contribution is 2.31. The Kier molecular flexibility index (Phi) is 5.20. The Hall–Kier alpha value is -1.59. The molecule has 116 valence electrons. The number of rotatable bonds is 6. The van der Waals surface area contributed by atoms with Crippen molar-refractivity contribution in [2.45, 2.75) is 38.5 Å². The van der Waals surface area contributed by atoms with Gasteiger partial charge in [-0.05, 0) is 44.0 Å². The number of hydrogen-bond acceptors (Lipinski definition) is 4. The zero-order valence-electron chi connectivity index (χ0n) is 13.1. The number of anilines is 1. The van der Waals surface area contributed by atoms with E-state index in [0.717, 1.165) is 17.7 Å². The highest BCUT2D eigenvalue weighted by molar-refractivity contribution is 5.94. The van der Waals surface area contributed by atoms with Crippen LogP contribution in [0.25, 0.3) is 0 Å². The van der Waals surface area contributed by atoms with Crippen LogP contribution in [0.3, 0.4) is 0 Å². The van der Waals surface area contributed by atoms with Crippen molar-refractivity contribution in [2.75, 3.05) is 26.1 Å². The zero-order chi connectivity index (χ0) is 15.4. The molecule has 1 aromatic carbocycles. The van der Waals surface area contributed by atoms with Gasteiger partial charge in [-0.1, -0.05) is 0 Å². The lowest BCUT2D eigenvalue weighted by atomic mass is 9.84. The zero-order valence-corrected chi connectivity index (χ0v) is 13.1. The average Bonchev–Trinajstić information content (AvgIpc) is 2.47. The van der Waals surface area contributed by atoms with Crippen molar-refractivity contribution in [3.05, 3.63) is 29.3 Å². The first-order valence-electron chi connectivity index (χ1n) is 7.34. The van der Waals surface area contributed by atoms with E-state index in [4.69, 9.17) is 9.47 Å². The van der Waals surface area contributed by atoms with Gasteiger partial charge < -0.3 is 20.1 Å². The number of carbonyl (C=O) groups is 1. The van der Waals surface area contributed by atoms with Crippen LogP contribution in [0.15, 0.2) is 18.2 Å². The van der Waals surface area contributed by atoms with Crippen LogP contribution in [0.1, 0.15) is 29.3 Å². The molecule has 5 heteroatoms. The molecule has 0 saturated heterocycles. The summed E-state index contributed by atoms with van der Waals surface area (Å²) < 4.78 is 11.1. The first-order valence-corrected chi connectivity index (χ1v) is 7.34. The van der Waals surface area contributed by atoms with E-state index in [1.807, 2.05) is 32.0 Å². The monoisotopic (exact) mass is 292 g/mol. The molecule has 21 heavy (non-hydrogen) atoms. The van der Waals surface area contributed by atoms with Crippen LogP contribution in [0.5, 0.6) is 0 Å². The maximum absolute atomic E-state index is 11.6. The molecule has 2 rings (SSSR count). The van der Waals surface area contributed by atoms with Gasteiger partial charge in [0.15, 0.2) is 0 Å². The minimum absolute atomic E-state index is 0.0699. The second kappa shape index (κ2) is 6.91. The highest BCUT2D eigenvalue weighted by atomic mass is 16.5. The molecule has 0 spiro atoms. The van der Waals surface area contributed by atoms with Gasteiger partial charge in [0.1, 0.15) is 6.10 Å². The molecule has 1 aliphatic rings. The Balaban J connectivity index is 2.02. The molecule has 0 aromatic heterocycles. The van der Waals surface area contributed by atoms with E-state index in [1.165, 1.54) is 0 Å². The quantitative estimate of drug-likeness (QED) is 0.841. The molecule has 1 fully saturated rings. The molecular formula is C16H24N2O3. The predicted molar refractivity (Wildman–Crippen MR) is 82.8 cm³/mol. The van der Waals surface area contributed by atoms with Crippen molar-refractivity contribution < 1.29 is 14.3 Å². The van der Waals surface area contributed by atoms with E-state index in [9.17, 15) is 4.79 Å². The summed E-state index contributed by atoms with van der Waals surface area (Å²) in [5.41, 5.74) is 2.75. The smallest absolute Gasteiger partial charge is 0.251 e. The van der Waals surface area contributed by atoms with E-state index < -0.39 is 0 Å². The SMILES string of the molecule is CCOC1CC(Nc2ccc(C(=O)NC)cc2C)C1OC. The predicted octanol–water partition coefficient (Wildman–Crippen LogP) is 1.96. The maximum Gasteiger partial charge on any atom is 0.251 e. The lowest BCUT2D eigenvalue weighted by molar-refractivity contribution is -0.118. The summed E-state index contributed by atoms with van der Waals surface area (Å²) in [5.74, 6) is -0.0699. The van der Waals surface area contributed by atoms with Crippen LogP contribution in [0.2, 0.25) is 0 Å². The van der Waals surface area contributed by atoms with E-state index in [1.54, 1.807) is 14.2 Å². The van der Waals surface area contributed by atoms with Crippen molar-refractivity contribution in [1.29, 1.82) is 0 Å². The minimum Gasteiger partial charge on any atom is -0.379 e. The number of methoxy groups -OCH3 is 1. The maximum atomic E-state index is 11.6. The topological polar surface area (TPSA) is 59.6 Å². The summed E-state index contributed by atoms with van der Waals surface area (Å²) >= 11 is 0. The third-order valence-electron chi connectivity index (χ3n) is 3.96. The molecule has 0 radical (unpaired) electrons. The lowest BCUT2D eigenvalue weighted by Crippen LogP contribution is -2.56. The average molecular weight is 292 g/mol. The number of ether oxygens (including phenoxy) is 2. The molecule has 1 aromatic rings. The third-order valence-corrected chi connectivity index (χ3v) is 3.96. The van der Waals surface area contributed by atoms with Gasteiger partial charge >= 0.3 is 0 Å². The molecule has 3 unspecified atom stereocenters. The van der Waals surface area contributed by atoms with Gasteiger partial charge in [0.05, 0.1) is 12.1 Å². The van der Waals surface area contributed by atoms with Crippen LogP contribution in [0.4, 0.5) is 5.69 Å². The van der Waals surface area contributed by atoms with Gasteiger partial charge in [0, 0.05) is 32.0 Å². The van der Waals surface area contributed by atoms with Gasteiger partial charge in [0.25, 0.3) is 5.91 Å². The number of hydrogen-bond donors (Lipinski definition) is 2. The molecule has 5 nitrogen and oxygen atoms in total. The molecule has 0 bridgehead atoms. The summed E-state index contributed by atoms with van der Waals surface area (Å²) in [6, 6.07) is 5.91. The Labute approximate surface area is 126 Å². The third kappa shape index (κ3) is 3.36. The van der Waals surface area contributed by atoms with Crippen LogP contribution < -0.4 is 10.6 Å². The number of amides is 1. The fraction of sp³-hybridized carbons (Fsp3) is 0.562. The molecule has 0 heterocycles. The molecule has 0 aliphatic heterocycles. The van der Waals surface area contributed by atoms with Gasteiger partial charge in [-0.15, -0.1) is 0 Å². The fourth-order valence-electron chi connectivity index (χ4n) is 2.73. The van der Waals surface area contributed by atoms with Crippen LogP contribution in [-0.4, -0.2) is 44.9 Å². The standard InChI is InChI=1S/C16H24N2O3/c1-5-21-14-9-13(15(14)20-4)18-12-7-6-11(8-10(12)2)16(19)17-3/h6-8,13-15,18H,5,9H2,1-4H3,(H,17,19). The van der Waals surface area contributed by atoms with E-state index in [0.29, 0.717) is 12.2 Å². The molecular weight excluding hydrogens is 268 g/mol. The Bertz CT molecular complexity index is 504. The van der Waals surface area contributed by atoms with E-state index >= 15 is 0 Å². The number of nitrogens with one attached hydrogen (secondary N) is 2. The van der Waals surface area contributed by atoms with Crippen LogP contribution >= 0.6 is 0 Å². The van der Waals surface area contributed by atoms with Gasteiger partial charge in [-0.3, -0.25) is 4.79 Å². The van der Waals surface area contributed by atoms with Crippen LogP contribution in [0, 0.1) is 6.92 Å². The summed E-state index contributed by atoms with van der Waals surface area (Å²) in [6.45, 7) is 4.70. The molecule has 3 atom stereocenters. The van der Waals surface area contributed by atoms with Gasteiger partial charge in [-0.25, -0.2) is 0 Å². The summed E-state index contributed by atoms with van der Waals surface area (Å²) in [6.07, 6.45) is 1.18. The van der Waals surface area contributed by atoms with Gasteiger partial charge in [-0.2, -0.15) is 0 Å².